The average Bonchev–Trinajstić information content (AvgIpc) is 3.22. The van der Waals surface area contributed by atoms with Gasteiger partial charge < -0.3 is 11.1 Å². The number of para-hydroxylation sites is 1. The molecule has 0 radical (unpaired) electrons. The van der Waals surface area contributed by atoms with Crippen LogP contribution in [0.1, 0.15) is 63.4 Å². The fourth-order valence-corrected chi connectivity index (χ4v) is 8.62. The van der Waals surface area contributed by atoms with E-state index in [0.29, 0.717) is 24.4 Å². The van der Waals surface area contributed by atoms with Gasteiger partial charge in [0.2, 0.25) is 22.7 Å². The van der Waals surface area contributed by atoms with Gasteiger partial charge in [-0.3, -0.25) is 13.9 Å². The summed E-state index contributed by atoms with van der Waals surface area (Å²) in [6.07, 6.45) is 7.08. The third kappa shape index (κ3) is 3.25. The predicted octanol–water partition coefficient (Wildman–Crippen LogP) is 2.44. The van der Waals surface area contributed by atoms with Crippen LogP contribution in [-0.2, 0) is 20.5 Å². The van der Waals surface area contributed by atoms with Crippen molar-refractivity contribution in [1.29, 1.82) is 0 Å². The lowest BCUT2D eigenvalue weighted by molar-refractivity contribution is -0.148. The minimum atomic E-state index is -2.99. The number of benzene rings is 1. The fraction of sp³-hybridized carbons (Fsp3) is 0.667. The van der Waals surface area contributed by atoms with Gasteiger partial charge in [-0.25, -0.2) is 8.42 Å². The molecule has 32 heavy (non-hydrogen) atoms. The first-order chi connectivity index (χ1) is 15.3. The first-order valence-electron chi connectivity index (χ1n) is 11.9. The van der Waals surface area contributed by atoms with Gasteiger partial charge in [-0.1, -0.05) is 31.0 Å². The maximum atomic E-state index is 13.9. The van der Waals surface area contributed by atoms with Crippen LogP contribution in [0.5, 0.6) is 0 Å². The molecule has 5 fully saturated rings. The number of nitrogens with zero attached hydrogens (tertiary/aromatic N) is 1. The Labute approximate surface area is 191 Å². The molecule has 4 bridgehead atoms. The molecule has 5 aliphatic rings. The monoisotopic (exact) mass is 459 g/mol. The van der Waals surface area contributed by atoms with Crippen LogP contribution in [0.25, 0.3) is 0 Å². The number of primary amides is 1. The number of hydrogen-bond donors (Lipinski definition) is 3. The third-order valence-corrected chi connectivity index (χ3v) is 9.78. The van der Waals surface area contributed by atoms with Crippen LogP contribution in [0.4, 0.5) is 5.69 Å². The van der Waals surface area contributed by atoms with Gasteiger partial charge in [-0.05, 0) is 81.3 Å². The molecule has 1 aromatic carbocycles. The lowest BCUT2D eigenvalue weighted by Gasteiger charge is -2.59. The van der Waals surface area contributed by atoms with Gasteiger partial charge in [0.15, 0.2) is 0 Å². The Morgan fingerprint density at radius 3 is 2.25 bits per heavy atom. The van der Waals surface area contributed by atoms with Crippen molar-refractivity contribution in [3.05, 3.63) is 29.8 Å². The van der Waals surface area contributed by atoms with Gasteiger partial charge in [-0.2, -0.15) is 0 Å². The highest BCUT2D eigenvalue weighted by atomic mass is 32.2. The zero-order valence-corrected chi connectivity index (χ0v) is 19.5. The predicted molar refractivity (Wildman–Crippen MR) is 122 cm³/mol. The Hall–Kier alpha value is -2.09. The standard InChI is InChI=1S/C24H33N3O4S/c1-15-6-2-3-7-19(15)27(32(30)31)24(8-4-5-9-24)22(29)26-20-17-10-16-11-18(20)14-23(12-16,13-17)21(25)28/h2-3,6-7,16-18,20,32H,4-5,8-14H2,1H3,(H2,25,28)(H,26,29). The van der Waals surface area contributed by atoms with E-state index in [1.807, 2.05) is 25.1 Å². The lowest BCUT2D eigenvalue weighted by Crippen LogP contribution is -2.66. The number of nitrogens with one attached hydrogen (secondary N) is 1. The summed E-state index contributed by atoms with van der Waals surface area (Å²) in [5.41, 5.74) is 5.73. The minimum Gasteiger partial charge on any atom is -0.369 e. The number of anilines is 1. The van der Waals surface area contributed by atoms with E-state index in [9.17, 15) is 18.0 Å². The minimum absolute atomic E-state index is 0.00717. The Morgan fingerprint density at radius 1 is 1.06 bits per heavy atom. The summed E-state index contributed by atoms with van der Waals surface area (Å²) < 4.78 is 26.4. The summed E-state index contributed by atoms with van der Waals surface area (Å²) >= 11 is 0. The summed E-state index contributed by atoms with van der Waals surface area (Å²) in [7, 11) is -2.99. The van der Waals surface area contributed by atoms with Crippen molar-refractivity contribution in [2.24, 2.45) is 28.9 Å². The van der Waals surface area contributed by atoms with Crippen LogP contribution in [0.2, 0.25) is 0 Å². The number of carbonyl (C=O) groups is 2. The van der Waals surface area contributed by atoms with Crippen molar-refractivity contribution < 1.29 is 18.0 Å². The van der Waals surface area contributed by atoms with E-state index in [-0.39, 0.29) is 29.7 Å². The molecule has 0 spiro atoms. The van der Waals surface area contributed by atoms with E-state index in [4.69, 9.17) is 5.73 Å². The first-order valence-corrected chi connectivity index (χ1v) is 13.0. The number of amides is 2. The van der Waals surface area contributed by atoms with E-state index >= 15 is 0 Å². The zero-order valence-electron chi connectivity index (χ0n) is 18.6. The molecule has 0 saturated heterocycles. The maximum absolute atomic E-state index is 13.9. The summed E-state index contributed by atoms with van der Waals surface area (Å²) in [6.45, 7) is 1.88. The van der Waals surface area contributed by atoms with Gasteiger partial charge in [0.05, 0.1) is 5.69 Å². The molecule has 6 rings (SSSR count). The highest BCUT2D eigenvalue weighted by molar-refractivity contribution is 7.74. The second kappa shape index (κ2) is 7.75. The SMILES string of the molecule is Cc1ccccc1N([SH](=O)=O)C1(C(=O)NC2C3CC4CC2CC(C(N)=O)(C4)C3)CCCC1. The molecule has 5 aliphatic carbocycles. The number of carbonyl (C=O) groups excluding carboxylic acids is 2. The molecule has 8 heteroatoms. The quantitative estimate of drug-likeness (QED) is 0.568. The van der Waals surface area contributed by atoms with Gasteiger partial charge in [0.1, 0.15) is 5.54 Å². The Bertz CT molecular complexity index is 992. The molecule has 0 heterocycles. The molecule has 2 unspecified atom stereocenters. The van der Waals surface area contributed by atoms with Crippen LogP contribution < -0.4 is 15.4 Å². The molecule has 1 aromatic rings. The van der Waals surface area contributed by atoms with Crippen LogP contribution in [0.3, 0.4) is 0 Å². The van der Waals surface area contributed by atoms with Gasteiger partial charge in [0, 0.05) is 11.5 Å². The van der Waals surface area contributed by atoms with E-state index in [2.05, 4.69) is 5.32 Å². The second-order valence-electron chi connectivity index (χ2n) is 10.7. The first kappa shape index (κ1) is 21.7. The van der Waals surface area contributed by atoms with Crippen molar-refractivity contribution >= 4 is 28.4 Å². The van der Waals surface area contributed by atoms with Crippen molar-refractivity contribution in [2.45, 2.75) is 76.3 Å². The summed E-state index contributed by atoms with van der Waals surface area (Å²) in [6, 6.07) is 7.35. The largest absolute Gasteiger partial charge is 0.369 e. The number of hydrogen-bond acceptors (Lipinski definition) is 4. The Morgan fingerprint density at radius 2 is 1.69 bits per heavy atom. The number of rotatable bonds is 6. The average molecular weight is 460 g/mol. The van der Waals surface area contributed by atoms with Crippen molar-refractivity contribution in [3.63, 3.8) is 0 Å². The molecule has 3 N–H and O–H groups in total. The fourth-order valence-electron chi connectivity index (χ4n) is 7.62. The van der Waals surface area contributed by atoms with Crippen LogP contribution in [0.15, 0.2) is 24.3 Å². The summed E-state index contributed by atoms with van der Waals surface area (Å²) in [5, 5.41) is 3.33. The molecular formula is C24H33N3O4S. The van der Waals surface area contributed by atoms with Gasteiger partial charge >= 0.3 is 0 Å². The van der Waals surface area contributed by atoms with Crippen LogP contribution >= 0.6 is 0 Å². The Balaban J connectivity index is 1.45. The molecule has 0 aromatic heterocycles. The van der Waals surface area contributed by atoms with E-state index in [1.54, 1.807) is 6.07 Å². The third-order valence-electron chi connectivity index (χ3n) is 8.86. The van der Waals surface area contributed by atoms with E-state index < -0.39 is 21.8 Å². The van der Waals surface area contributed by atoms with Crippen molar-refractivity contribution in [3.8, 4) is 0 Å². The highest BCUT2D eigenvalue weighted by Gasteiger charge is 2.59. The van der Waals surface area contributed by atoms with Crippen molar-refractivity contribution in [2.75, 3.05) is 4.31 Å². The highest BCUT2D eigenvalue weighted by Crippen LogP contribution is 2.60. The lowest BCUT2D eigenvalue weighted by atomic mass is 9.47. The summed E-state index contributed by atoms with van der Waals surface area (Å²) in [4.78, 5) is 26.1. The second-order valence-corrected chi connectivity index (χ2v) is 11.6. The zero-order chi connectivity index (χ0) is 22.7. The van der Waals surface area contributed by atoms with Crippen LogP contribution in [-0.4, -0.2) is 31.8 Å². The van der Waals surface area contributed by atoms with E-state index in [1.165, 1.54) is 4.31 Å². The number of nitrogens with two attached hydrogens (primary N) is 1. The number of aryl methyl sites for hydroxylation is 1. The topological polar surface area (TPSA) is 110 Å². The van der Waals surface area contributed by atoms with Crippen molar-refractivity contribution in [1.82, 2.24) is 5.32 Å². The molecule has 5 saturated carbocycles. The molecule has 2 amide bonds. The molecule has 2 atom stereocenters. The Kier molecular flexibility index (Phi) is 5.26. The molecule has 0 aliphatic heterocycles. The summed E-state index contributed by atoms with van der Waals surface area (Å²) in [5.74, 6) is 0.618. The van der Waals surface area contributed by atoms with Gasteiger partial charge in [-0.15, -0.1) is 0 Å². The maximum Gasteiger partial charge on any atom is 0.247 e. The normalized spacial score (nSPS) is 34.6. The molecule has 7 nitrogen and oxygen atoms in total. The van der Waals surface area contributed by atoms with E-state index in [0.717, 1.165) is 50.5 Å². The molecular weight excluding hydrogens is 426 g/mol. The smallest absolute Gasteiger partial charge is 0.247 e. The van der Waals surface area contributed by atoms with Gasteiger partial charge in [0.25, 0.3) is 0 Å². The van der Waals surface area contributed by atoms with Crippen LogP contribution in [0, 0.1) is 30.1 Å². The molecule has 174 valence electrons. The number of thiol groups is 1.